The minimum Gasteiger partial charge on any atom is -0.453 e. The monoisotopic (exact) mass is 302 g/mol. The first-order valence-electron chi connectivity index (χ1n) is 6.43. The number of hydrogen-bond acceptors (Lipinski definition) is 6. The Labute approximate surface area is 115 Å². The predicted molar refractivity (Wildman–Crippen MR) is 68.1 cm³/mol. The summed E-state index contributed by atoms with van der Waals surface area (Å²) in [5.74, 6) is 1.09. The van der Waals surface area contributed by atoms with Crippen molar-refractivity contribution < 1.29 is 27.6 Å². The van der Waals surface area contributed by atoms with E-state index in [-0.39, 0.29) is 47.8 Å². The molecule has 0 amide bonds. The maximum Gasteiger partial charge on any atom is 0.227 e. The average Bonchev–Trinajstić information content (AvgIpc) is 2.78. The van der Waals surface area contributed by atoms with Crippen molar-refractivity contribution >= 4 is 9.84 Å². The smallest absolute Gasteiger partial charge is 0.227 e. The molecule has 2 aliphatic rings. The summed E-state index contributed by atoms with van der Waals surface area (Å²) < 4.78 is 33.9. The third-order valence-corrected chi connectivity index (χ3v) is 5.55. The Hall–Kier alpha value is -1.38. The van der Waals surface area contributed by atoms with E-state index in [1.165, 1.54) is 6.07 Å². The van der Waals surface area contributed by atoms with Crippen LogP contribution in [0.25, 0.3) is 0 Å². The fourth-order valence-electron chi connectivity index (χ4n) is 2.73. The van der Waals surface area contributed by atoms with Crippen LogP contribution in [0.1, 0.15) is 17.9 Å². The second-order valence-electron chi connectivity index (χ2n) is 5.21. The lowest BCUT2D eigenvalue weighted by Crippen LogP contribution is -3.16. The maximum atomic E-state index is 11.8. The van der Waals surface area contributed by atoms with Gasteiger partial charge in [-0.1, -0.05) is 0 Å². The number of aliphatic hydroxyl groups excluding tert-OH is 1. The van der Waals surface area contributed by atoms with Gasteiger partial charge in [-0.15, -0.1) is 0 Å². The maximum absolute atomic E-state index is 11.8. The van der Waals surface area contributed by atoms with Gasteiger partial charge in [-0.25, -0.2) is 8.42 Å². The van der Waals surface area contributed by atoms with Crippen LogP contribution in [0.5, 0.6) is 5.75 Å². The average molecular weight is 302 g/mol. The van der Waals surface area contributed by atoms with Gasteiger partial charge in [0.15, 0.2) is 9.84 Å². The van der Waals surface area contributed by atoms with Gasteiger partial charge in [-0.05, 0) is 0 Å². The molecule has 0 spiro atoms. The van der Waals surface area contributed by atoms with E-state index in [0.717, 1.165) is 4.90 Å². The number of sulfone groups is 1. The third kappa shape index (κ3) is 2.46. The molecule has 0 aromatic carbocycles. The van der Waals surface area contributed by atoms with Crippen LogP contribution in [0.4, 0.5) is 0 Å². The summed E-state index contributed by atoms with van der Waals surface area (Å²) in [6.45, 7) is 0.310. The molecule has 1 fully saturated rings. The standard InChI is InChI=1S/C12H15NO6S/c14-5-9-3-10(15)12-11(19-9)4-13(7-18-12)8-1-2-20(16,17)6-8/h3,8,14H,1-2,4-7H2/p+1/t8-/m1/s1. The minimum absolute atomic E-state index is 0.0313. The van der Waals surface area contributed by atoms with Gasteiger partial charge in [-0.2, -0.15) is 0 Å². The lowest BCUT2D eigenvalue weighted by molar-refractivity contribution is -0.954. The van der Waals surface area contributed by atoms with Crippen molar-refractivity contribution in [1.82, 2.24) is 0 Å². The first-order chi connectivity index (χ1) is 9.48. The van der Waals surface area contributed by atoms with Gasteiger partial charge >= 0.3 is 0 Å². The molecule has 8 heteroatoms. The first kappa shape index (κ1) is 13.6. The van der Waals surface area contributed by atoms with Crippen LogP contribution in [-0.2, 0) is 23.0 Å². The zero-order chi connectivity index (χ0) is 14.3. The van der Waals surface area contributed by atoms with Gasteiger partial charge in [0.1, 0.15) is 30.7 Å². The molecule has 0 saturated carbocycles. The summed E-state index contributed by atoms with van der Waals surface area (Å²) >= 11 is 0. The van der Waals surface area contributed by atoms with Crippen molar-refractivity contribution in [3.8, 4) is 5.75 Å². The summed E-state index contributed by atoms with van der Waals surface area (Å²) in [5, 5.41) is 9.05. The SMILES string of the molecule is O=c1cc(CO)oc2c1OC[NH+]([C@@H]1CCS(=O)(=O)C1)C2. The van der Waals surface area contributed by atoms with Crippen LogP contribution in [0.15, 0.2) is 15.3 Å². The fraction of sp³-hybridized carbons (Fsp3) is 0.583. The topological polar surface area (TPSA) is 98.2 Å². The number of ether oxygens (including phenoxy) is 1. The number of rotatable bonds is 2. The molecular formula is C12H16NO6S+. The second kappa shape index (κ2) is 4.87. The van der Waals surface area contributed by atoms with E-state index in [0.29, 0.717) is 18.7 Å². The van der Waals surface area contributed by atoms with E-state index in [2.05, 4.69) is 0 Å². The van der Waals surface area contributed by atoms with Crippen molar-refractivity contribution in [1.29, 1.82) is 0 Å². The molecule has 0 aliphatic carbocycles. The lowest BCUT2D eigenvalue weighted by atomic mass is 10.2. The number of fused-ring (bicyclic) bond motifs is 1. The molecule has 2 aliphatic heterocycles. The minimum atomic E-state index is -2.95. The van der Waals surface area contributed by atoms with Crippen LogP contribution in [0.3, 0.4) is 0 Å². The first-order valence-corrected chi connectivity index (χ1v) is 8.25. The number of nitrogens with one attached hydrogen (secondary N) is 1. The molecule has 2 N–H and O–H groups in total. The van der Waals surface area contributed by atoms with E-state index in [1.807, 2.05) is 0 Å². The Morgan fingerprint density at radius 3 is 2.90 bits per heavy atom. The highest BCUT2D eigenvalue weighted by Gasteiger charge is 2.38. The highest BCUT2D eigenvalue weighted by atomic mass is 32.2. The van der Waals surface area contributed by atoms with Gasteiger partial charge in [0.05, 0.1) is 5.75 Å². The summed E-state index contributed by atoms with van der Waals surface area (Å²) in [5.41, 5.74) is -0.312. The van der Waals surface area contributed by atoms with Crippen molar-refractivity contribution in [2.45, 2.75) is 25.6 Å². The quantitative estimate of drug-likeness (QED) is 0.659. The zero-order valence-electron chi connectivity index (χ0n) is 10.8. The Balaban J connectivity index is 1.85. The van der Waals surface area contributed by atoms with E-state index in [1.54, 1.807) is 0 Å². The molecule has 0 radical (unpaired) electrons. The van der Waals surface area contributed by atoms with Gasteiger partial charge in [0.25, 0.3) is 0 Å². The summed E-state index contributed by atoms with van der Waals surface area (Å²) in [6, 6.07) is 1.18. The Morgan fingerprint density at radius 1 is 1.45 bits per heavy atom. The van der Waals surface area contributed by atoms with Gasteiger partial charge in [0.2, 0.25) is 23.7 Å². The van der Waals surface area contributed by atoms with Gasteiger partial charge in [0, 0.05) is 12.5 Å². The number of hydrogen-bond donors (Lipinski definition) is 2. The van der Waals surface area contributed by atoms with Crippen molar-refractivity contribution in [2.75, 3.05) is 18.2 Å². The zero-order valence-corrected chi connectivity index (χ0v) is 11.6. The Kier molecular flexibility index (Phi) is 3.31. The normalized spacial score (nSPS) is 27.9. The molecule has 3 heterocycles. The highest BCUT2D eigenvalue weighted by Crippen LogP contribution is 2.18. The molecule has 1 unspecified atom stereocenters. The van der Waals surface area contributed by atoms with Crippen molar-refractivity contribution in [2.24, 2.45) is 0 Å². The third-order valence-electron chi connectivity index (χ3n) is 3.78. The van der Waals surface area contributed by atoms with E-state index < -0.39 is 9.84 Å². The fourth-order valence-corrected chi connectivity index (χ4v) is 4.56. The summed E-state index contributed by atoms with van der Waals surface area (Å²) in [4.78, 5) is 12.7. The summed E-state index contributed by atoms with van der Waals surface area (Å²) in [7, 11) is -2.95. The van der Waals surface area contributed by atoms with Gasteiger partial charge in [-0.3, -0.25) is 9.69 Å². The summed E-state index contributed by atoms with van der Waals surface area (Å²) in [6.07, 6.45) is 0.598. The second-order valence-corrected chi connectivity index (χ2v) is 7.44. The van der Waals surface area contributed by atoms with Crippen LogP contribution < -0.4 is 15.1 Å². The molecule has 1 aromatic rings. The molecule has 3 rings (SSSR count). The Bertz CT molecular complexity index is 680. The molecule has 1 saturated heterocycles. The molecule has 2 atom stereocenters. The molecule has 0 bridgehead atoms. The highest BCUT2D eigenvalue weighted by molar-refractivity contribution is 7.91. The molecular weight excluding hydrogens is 286 g/mol. The van der Waals surface area contributed by atoms with E-state index in [4.69, 9.17) is 14.3 Å². The van der Waals surface area contributed by atoms with E-state index in [9.17, 15) is 13.2 Å². The molecule has 1 aromatic heterocycles. The largest absolute Gasteiger partial charge is 0.453 e. The van der Waals surface area contributed by atoms with Crippen LogP contribution >= 0.6 is 0 Å². The van der Waals surface area contributed by atoms with Crippen LogP contribution in [0, 0.1) is 0 Å². The number of aliphatic hydroxyl groups is 1. The Morgan fingerprint density at radius 2 is 2.25 bits per heavy atom. The van der Waals surface area contributed by atoms with Crippen LogP contribution in [0.2, 0.25) is 0 Å². The van der Waals surface area contributed by atoms with Gasteiger partial charge < -0.3 is 14.3 Å². The molecule has 20 heavy (non-hydrogen) atoms. The molecule has 110 valence electrons. The van der Waals surface area contributed by atoms with E-state index >= 15 is 0 Å². The van der Waals surface area contributed by atoms with Crippen molar-refractivity contribution in [3.05, 3.63) is 27.8 Å². The van der Waals surface area contributed by atoms with Crippen LogP contribution in [-0.4, -0.2) is 37.8 Å². The number of quaternary nitrogens is 1. The lowest BCUT2D eigenvalue weighted by Gasteiger charge is -2.28. The molecule has 7 nitrogen and oxygen atoms in total. The predicted octanol–water partition coefficient (Wildman–Crippen LogP) is -1.95. The van der Waals surface area contributed by atoms with Crippen molar-refractivity contribution in [3.63, 3.8) is 0 Å².